The highest BCUT2D eigenvalue weighted by molar-refractivity contribution is 9.10. The normalized spacial score (nSPS) is 20.2. The van der Waals surface area contributed by atoms with Crippen LogP contribution in [0.1, 0.15) is 30.1 Å². The number of hydrogen-bond acceptors (Lipinski definition) is 1. The summed E-state index contributed by atoms with van der Waals surface area (Å²) < 4.78 is 0.892. The Morgan fingerprint density at radius 3 is 2.88 bits per heavy atom. The van der Waals surface area contributed by atoms with Gasteiger partial charge < -0.3 is 4.90 Å². The smallest absolute Gasteiger partial charge is 0.255 e. The van der Waals surface area contributed by atoms with Crippen molar-refractivity contribution in [2.24, 2.45) is 0 Å². The van der Waals surface area contributed by atoms with Gasteiger partial charge in [-0.25, -0.2) is 0 Å². The molecule has 0 radical (unpaired) electrons. The molecule has 4 heteroatoms. The maximum absolute atomic E-state index is 12.2. The Morgan fingerprint density at radius 2 is 2.31 bits per heavy atom. The molecule has 0 spiro atoms. The number of carbonyl (C=O) groups is 1. The quantitative estimate of drug-likeness (QED) is 0.774. The molecule has 0 aromatic heterocycles. The number of nitrogens with zero attached hydrogens (tertiary/aromatic N) is 1. The summed E-state index contributed by atoms with van der Waals surface area (Å²) in [4.78, 5) is 14.1. The van der Waals surface area contributed by atoms with Crippen molar-refractivity contribution in [3.8, 4) is 0 Å². The molecule has 0 aliphatic carbocycles. The number of rotatable bonds is 1. The molecule has 1 atom stereocenters. The first-order valence-corrected chi connectivity index (χ1v) is 6.52. The number of hydrogen-bond donors (Lipinski definition) is 0. The molecule has 1 amide bonds. The molecular formula is C12H13BrClNO. The first-order chi connectivity index (χ1) is 7.59. The molecule has 2 rings (SSSR count). The van der Waals surface area contributed by atoms with Crippen LogP contribution >= 0.6 is 27.5 Å². The molecule has 0 bridgehead atoms. The Kier molecular flexibility index (Phi) is 3.55. The Bertz CT molecular complexity index is 421. The van der Waals surface area contributed by atoms with Gasteiger partial charge in [-0.3, -0.25) is 4.79 Å². The molecule has 1 aromatic rings. The second kappa shape index (κ2) is 4.76. The molecular weight excluding hydrogens is 289 g/mol. The molecule has 1 saturated heterocycles. The highest BCUT2D eigenvalue weighted by atomic mass is 79.9. The van der Waals surface area contributed by atoms with E-state index in [9.17, 15) is 4.79 Å². The van der Waals surface area contributed by atoms with Crippen LogP contribution in [0.4, 0.5) is 0 Å². The average Bonchev–Trinajstić information content (AvgIpc) is 2.63. The van der Waals surface area contributed by atoms with Gasteiger partial charge in [0.25, 0.3) is 5.91 Å². The minimum Gasteiger partial charge on any atom is -0.336 e. The Labute approximate surface area is 109 Å². The minimum atomic E-state index is 0.0440. The average molecular weight is 303 g/mol. The van der Waals surface area contributed by atoms with E-state index in [-0.39, 0.29) is 5.91 Å². The second-order valence-electron chi connectivity index (χ2n) is 4.11. The van der Waals surface area contributed by atoms with E-state index in [4.69, 9.17) is 11.6 Å². The van der Waals surface area contributed by atoms with Gasteiger partial charge >= 0.3 is 0 Å². The van der Waals surface area contributed by atoms with Crippen LogP contribution in [0.15, 0.2) is 22.7 Å². The van der Waals surface area contributed by atoms with Gasteiger partial charge in [-0.15, -0.1) is 0 Å². The van der Waals surface area contributed by atoms with E-state index in [1.165, 1.54) is 0 Å². The number of halogens is 2. The summed E-state index contributed by atoms with van der Waals surface area (Å²) in [5.74, 6) is 0.0440. The fourth-order valence-corrected chi connectivity index (χ4v) is 2.81. The lowest BCUT2D eigenvalue weighted by Crippen LogP contribution is -2.33. The molecule has 0 saturated carbocycles. The summed E-state index contributed by atoms with van der Waals surface area (Å²) in [5.41, 5.74) is 0.596. The van der Waals surface area contributed by atoms with E-state index >= 15 is 0 Å². The Hall–Kier alpha value is -0.540. The van der Waals surface area contributed by atoms with E-state index in [0.717, 1.165) is 23.9 Å². The standard InChI is InChI=1S/C12H13BrClNO/c1-8-3-2-6-15(8)12(16)10-5-4-9(13)7-11(10)14/h4-5,7-8H,2-3,6H2,1H3/t8-/m1/s1. The predicted octanol–water partition coefficient (Wildman–Crippen LogP) is 3.73. The maximum Gasteiger partial charge on any atom is 0.255 e. The Morgan fingerprint density at radius 1 is 1.56 bits per heavy atom. The monoisotopic (exact) mass is 301 g/mol. The van der Waals surface area contributed by atoms with E-state index < -0.39 is 0 Å². The lowest BCUT2D eigenvalue weighted by Gasteiger charge is -2.21. The summed E-state index contributed by atoms with van der Waals surface area (Å²) in [6.45, 7) is 2.92. The van der Waals surface area contributed by atoms with Gasteiger partial charge in [0, 0.05) is 17.1 Å². The van der Waals surface area contributed by atoms with Gasteiger partial charge in [-0.1, -0.05) is 27.5 Å². The number of amides is 1. The highest BCUT2D eigenvalue weighted by Gasteiger charge is 2.27. The van der Waals surface area contributed by atoms with E-state index in [2.05, 4.69) is 22.9 Å². The van der Waals surface area contributed by atoms with Crippen molar-refractivity contribution in [3.63, 3.8) is 0 Å². The van der Waals surface area contributed by atoms with Gasteiger partial charge in [0.15, 0.2) is 0 Å². The van der Waals surface area contributed by atoms with Gasteiger partial charge in [0.1, 0.15) is 0 Å². The summed E-state index contributed by atoms with van der Waals surface area (Å²) in [6.07, 6.45) is 2.17. The highest BCUT2D eigenvalue weighted by Crippen LogP contribution is 2.25. The molecule has 0 N–H and O–H groups in total. The van der Waals surface area contributed by atoms with E-state index in [1.807, 2.05) is 11.0 Å². The van der Waals surface area contributed by atoms with Crippen LogP contribution in [0.3, 0.4) is 0 Å². The molecule has 1 heterocycles. The lowest BCUT2D eigenvalue weighted by atomic mass is 10.2. The predicted molar refractivity (Wildman–Crippen MR) is 68.9 cm³/mol. The molecule has 1 fully saturated rings. The third kappa shape index (κ3) is 2.25. The van der Waals surface area contributed by atoms with Crippen molar-refractivity contribution >= 4 is 33.4 Å². The van der Waals surface area contributed by atoms with Crippen LogP contribution in [-0.2, 0) is 0 Å². The van der Waals surface area contributed by atoms with Crippen molar-refractivity contribution in [1.29, 1.82) is 0 Å². The van der Waals surface area contributed by atoms with E-state index in [1.54, 1.807) is 12.1 Å². The van der Waals surface area contributed by atoms with Crippen molar-refractivity contribution in [2.45, 2.75) is 25.8 Å². The van der Waals surface area contributed by atoms with Crippen molar-refractivity contribution in [2.75, 3.05) is 6.54 Å². The van der Waals surface area contributed by atoms with Crippen LogP contribution in [-0.4, -0.2) is 23.4 Å². The number of benzene rings is 1. The van der Waals surface area contributed by atoms with Crippen LogP contribution in [0.5, 0.6) is 0 Å². The molecule has 0 unspecified atom stereocenters. The Balaban J connectivity index is 2.27. The van der Waals surface area contributed by atoms with Gasteiger partial charge in [-0.2, -0.15) is 0 Å². The van der Waals surface area contributed by atoms with Crippen LogP contribution in [0.25, 0.3) is 0 Å². The summed E-state index contributed by atoms with van der Waals surface area (Å²) in [6, 6.07) is 5.71. The van der Waals surface area contributed by atoms with Crippen LogP contribution < -0.4 is 0 Å². The molecule has 86 valence electrons. The zero-order valence-electron chi connectivity index (χ0n) is 9.04. The fourth-order valence-electron chi connectivity index (χ4n) is 2.05. The SMILES string of the molecule is C[C@@H]1CCCN1C(=O)c1ccc(Br)cc1Cl. The topological polar surface area (TPSA) is 20.3 Å². The summed E-state index contributed by atoms with van der Waals surface area (Å²) in [5, 5.41) is 0.512. The van der Waals surface area contributed by atoms with Gasteiger partial charge in [0.2, 0.25) is 0 Å². The molecule has 1 aliphatic heterocycles. The minimum absolute atomic E-state index is 0.0440. The number of likely N-dealkylation sites (tertiary alicyclic amines) is 1. The van der Waals surface area contributed by atoms with Crippen molar-refractivity contribution < 1.29 is 4.79 Å². The number of carbonyl (C=O) groups excluding carboxylic acids is 1. The van der Waals surface area contributed by atoms with E-state index in [0.29, 0.717) is 16.6 Å². The zero-order valence-corrected chi connectivity index (χ0v) is 11.4. The first-order valence-electron chi connectivity index (χ1n) is 5.35. The molecule has 16 heavy (non-hydrogen) atoms. The maximum atomic E-state index is 12.2. The van der Waals surface area contributed by atoms with Crippen molar-refractivity contribution in [3.05, 3.63) is 33.3 Å². The molecule has 1 aromatic carbocycles. The molecule has 1 aliphatic rings. The summed E-state index contributed by atoms with van der Waals surface area (Å²) >= 11 is 9.40. The third-order valence-corrected chi connectivity index (χ3v) is 3.78. The largest absolute Gasteiger partial charge is 0.336 e. The second-order valence-corrected chi connectivity index (χ2v) is 5.44. The first kappa shape index (κ1) is 11.9. The van der Waals surface area contributed by atoms with Crippen LogP contribution in [0.2, 0.25) is 5.02 Å². The van der Waals surface area contributed by atoms with Gasteiger partial charge in [0.05, 0.1) is 10.6 Å². The fraction of sp³-hybridized carbons (Fsp3) is 0.417. The lowest BCUT2D eigenvalue weighted by molar-refractivity contribution is 0.0747. The third-order valence-electron chi connectivity index (χ3n) is 2.98. The molecule has 2 nitrogen and oxygen atoms in total. The summed E-state index contributed by atoms with van der Waals surface area (Å²) in [7, 11) is 0. The van der Waals surface area contributed by atoms with Crippen molar-refractivity contribution in [1.82, 2.24) is 4.90 Å². The van der Waals surface area contributed by atoms with Gasteiger partial charge in [-0.05, 0) is 38.0 Å². The van der Waals surface area contributed by atoms with Crippen LogP contribution in [0, 0.1) is 0 Å². The zero-order chi connectivity index (χ0) is 11.7.